The average molecular weight is 180 g/mol. The van der Waals surface area contributed by atoms with Gasteiger partial charge in [-0.3, -0.25) is 5.10 Å². The lowest BCUT2D eigenvalue weighted by Crippen LogP contribution is -2.02. The Morgan fingerprint density at radius 2 is 2.38 bits per heavy atom. The third-order valence-corrected chi connectivity index (χ3v) is 1.38. The Hall–Kier alpha value is -2.12. The lowest BCUT2D eigenvalue weighted by Gasteiger charge is -1.95. The summed E-state index contributed by atoms with van der Waals surface area (Å²) in [6.07, 6.45) is 1.43. The van der Waals surface area contributed by atoms with Crippen LogP contribution in [0.5, 0.6) is 0 Å². The summed E-state index contributed by atoms with van der Waals surface area (Å²) in [6, 6.07) is 0. The molecule has 5 N–H and O–H groups in total. The van der Waals surface area contributed by atoms with E-state index >= 15 is 0 Å². The maximum absolute atomic E-state index is 5.32. The fourth-order valence-corrected chi connectivity index (χ4v) is 0.832. The Balaban J connectivity index is 1.93. The molecule has 68 valence electrons. The lowest BCUT2D eigenvalue weighted by atomic mass is 10.6. The molecule has 2 rings (SSSR count). The van der Waals surface area contributed by atoms with Gasteiger partial charge in [0.1, 0.15) is 12.2 Å². The number of nitrogen functional groups attached to an aromatic ring is 1. The maximum Gasteiger partial charge on any atom is 0.244 e. The molecule has 0 amide bonds. The molecule has 0 aliphatic carbocycles. The first kappa shape index (κ1) is 7.53. The minimum Gasteiger partial charge on any atom is -0.368 e. The Labute approximate surface area is 73.0 Å². The predicted molar refractivity (Wildman–Crippen MR) is 44.5 cm³/mol. The van der Waals surface area contributed by atoms with Crippen molar-refractivity contribution in [2.24, 2.45) is 0 Å². The number of aromatic nitrogens is 6. The topological polar surface area (TPSA) is 121 Å². The summed E-state index contributed by atoms with van der Waals surface area (Å²) in [5.41, 5.74) is 5.32. The number of anilines is 2. The Bertz CT molecular complexity index is 362. The minimum absolute atomic E-state index is 0.278. The fraction of sp³-hybridized carbons (Fsp3) is 0.200. The van der Waals surface area contributed by atoms with Crippen LogP contribution in [0.3, 0.4) is 0 Å². The summed E-state index contributed by atoms with van der Waals surface area (Å²) in [5.74, 6) is 1.43. The van der Waals surface area contributed by atoms with Crippen molar-refractivity contribution in [3.05, 3.63) is 12.2 Å². The second-order valence-corrected chi connectivity index (χ2v) is 2.33. The number of aromatic amines is 2. The number of nitrogens with two attached hydrogens (primary N) is 1. The van der Waals surface area contributed by atoms with E-state index in [1.807, 2.05) is 0 Å². The zero-order valence-corrected chi connectivity index (χ0v) is 6.65. The fourth-order valence-electron chi connectivity index (χ4n) is 0.832. The molecule has 0 aromatic carbocycles. The molecule has 0 spiro atoms. The smallest absolute Gasteiger partial charge is 0.244 e. The third-order valence-electron chi connectivity index (χ3n) is 1.38. The van der Waals surface area contributed by atoms with Crippen LogP contribution < -0.4 is 11.1 Å². The molecule has 0 unspecified atom stereocenters. The zero-order valence-electron chi connectivity index (χ0n) is 6.65. The first-order valence-electron chi connectivity index (χ1n) is 3.60. The van der Waals surface area contributed by atoms with Gasteiger partial charge in [0.25, 0.3) is 0 Å². The number of nitrogens with zero attached hydrogens (tertiary/aromatic N) is 4. The van der Waals surface area contributed by atoms with Gasteiger partial charge in [-0.1, -0.05) is 0 Å². The molecule has 0 bridgehead atoms. The molecule has 2 aromatic rings. The lowest BCUT2D eigenvalue weighted by molar-refractivity contribution is 0.937. The molecule has 8 nitrogen and oxygen atoms in total. The standard InChI is InChI=1S/C5H8N8/c6-4-10-5(13-12-4)7-1-3-8-2-9-11-3/h2H,1H2,(H,8,9,11)(H4,6,7,10,12,13). The van der Waals surface area contributed by atoms with Gasteiger partial charge in [-0.15, -0.1) is 5.10 Å². The van der Waals surface area contributed by atoms with Gasteiger partial charge in [-0.05, 0) is 0 Å². The van der Waals surface area contributed by atoms with Crippen molar-refractivity contribution in [2.45, 2.75) is 6.54 Å². The molecule has 0 saturated heterocycles. The highest BCUT2D eigenvalue weighted by molar-refractivity contribution is 5.29. The number of H-pyrrole nitrogens is 2. The van der Waals surface area contributed by atoms with Crippen LogP contribution in [-0.4, -0.2) is 30.4 Å². The molecule has 0 fully saturated rings. The van der Waals surface area contributed by atoms with Crippen molar-refractivity contribution >= 4 is 11.9 Å². The summed E-state index contributed by atoms with van der Waals surface area (Å²) >= 11 is 0. The van der Waals surface area contributed by atoms with Crippen molar-refractivity contribution < 1.29 is 0 Å². The van der Waals surface area contributed by atoms with Gasteiger partial charge < -0.3 is 11.1 Å². The molecular formula is C5H8N8. The van der Waals surface area contributed by atoms with Crippen molar-refractivity contribution in [3.63, 3.8) is 0 Å². The van der Waals surface area contributed by atoms with E-state index in [1.54, 1.807) is 0 Å². The van der Waals surface area contributed by atoms with E-state index in [1.165, 1.54) is 6.33 Å². The highest BCUT2D eigenvalue weighted by atomic mass is 15.3. The zero-order chi connectivity index (χ0) is 9.10. The molecular weight excluding hydrogens is 172 g/mol. The highest BCUT2D eigenvalue weighted by Crippen LogP contribution is 1.99. The minimum atomic E-state index is 0.278. The van der Waals surface area contributed by atoms with Gasteiger partial charge in [0.2, 0.25) is 11.9 Å². The number of nitrogens with one attached hydrogen (secondary N) is 3. The van der Waals surface area contributed by atoms with Gasteiger partial charge in [0, 0.05) is 0 Å². The maximum atomic E-state index is 5.32. The first-order valence-corrected chi connectivity index (χ1v) is 3.60. The molecule has 0 aliphatic heterocycles. The quantitative estimate of drug-likeness (QED) is 0.486. The summed E-state index contributed by atoms with van der Waals surface area (Å²) < 4.78 is 0. The normalized spacial score (nSPS) is 10.2. The van der Waals surface area contributed by atoms with E-state index in [9.17, 15) is 0 Å². The van der Waals surface area contributed by atoms with Gasteiger partial charge >= 0.3 is 0 Å². The van der Waals surface area contributed by atoms with Gasteiger partial charge in [0.05, 0.1) is 6.54 Å². The molecule has 8 heteroatoms. The summed E-state index contributed by atoms with van der Waals surface area (Å²) in [4.78, 5) is 7.76. The molecule has 0 aliphatic rings. The van der Waals surface area contributed by atoms with Crippen molar-refractivity contribution in [1.82, 2.24) is 30.4 Å². The van der Waals surface area contributed by atoms with E-state index in [2.05, 4.69) is 35.7 Å². The van der Waals surface area contributed by atoms with Gasteiger partial charge in [0.15, 0.2) is 0 Å². The van der Waals surface area contributed by atoms with Crippen LogP contribution in [0.25, 0.3) is 0 Å². The van der Waals surface area contributed by atoms with Crippen LogP contribution in [0.2, 0.25) is 0 Å². The van der Waals surface area contributed by atoms with Crippen LogP contribution in [-0.2, 0) is 6.54 Å². The second-order valence-electron chi connectivity index (χ2n) is 2.33. The van der Waals surface area contributed by atoms with E-state index in [4.69, 9.17) is 5.73 Å². The van der Waals surface area contributed by atoms with Crippen molar-refractivity contribution in [2.75, 3.05) is 11.1 Å². The van der Waals surface area contributed by atoms with Crippen LogP contribution in [0, 0.1) is 0 Å². The molecule has 13 heavy (non-hydrogen) atoms. The van der Waals surface area contributed by atoms with E-state index in [-0.39, 0.29) is 5.95 Å². The molecule has 2 heterocycles. The summed E-state index contributed by atoms with van der Waals surface area (Å²) in [6.45, 7) is 0.483. The molecule has 0 radical (unpaired) electrons. The molecule has 2 aromatic heterocycles. The average Bonchev–Trinajstić information content (AvgIpc) is 2.71. The highest BCUT2D eigenvalue weighted by Gasteiger charge is 1.99. The number of rotatable bonds is 3. The van der Waals surface area contributed by atoms with Crippen LogP contribution in [0.15, 0.2) is 6.33 Å². The molecule has 0 saturated carbocycles. The number of hydrogen-bond donors (Lipinski definition) is 4. The Kier molecular flexibility index (Phi) is 1.79. The van der Waals surface area contributed by atoms with E-state index in [0.717, 1.165) is 0 Å². The summed E-state index contributed by atoms with van der Waals surface area (Å²) in [7, 11) is 0. The van der Waals surface area contributed by atoms with Gasteiger partial charge in [-0.25, -0.2) is 10.1 Å². The molecule has 0 atom stereocenters. The monoisotopic (exact) mass is 180 g/mol. The third kappa shape index (κ3) is 1.72. The van der Waals surface area contributed by atoms with E-state index in [0.29, 0.717) is 18.3 Å². The van der Waals surface area contributed by atoms with Crippen LogP contribution in [0.4, 0.5) is 11.9 Å². The van der Waals surface area contributed by atoms with E-state index < -0.39 is 0 Å². The van der Waals surface area contributed by atoms with Crippen LogP contribution in [0.1, 0.15) is 5.82 Å². The Morgan fingerprint density at radius 3 is 3.00 bits per heavy atom. The summed E-state index contributed by atoms with van der Waals surface area (Å²) in [5, 5.41) is 15.6. The largest absolute Gasteiger partial charge is 0.368 e. The van der Waals surface area contributed by atoms with Crippen molar-refractivity contribution in [3.8, 4) is 0 Å². The predicted octanol–water partition coefficient (Wildman–Crippen LogP) is -0.883. The van der Waals surface area contributed by atoms with Gasteiger partial charge in [-0.2, -0.15) is 10.1 Å². The Morgan fingerprint density at radius 1 is 1.46 bits per heavy atom. The second kappa shape index (κ2) is 3.09. The van der Waals surface area contributed by atoms with Crippen molar-refractivity contribution in [1.29, 1.82) is 0 Å². The SMILES string of the molecule is Nc1nc(NCc2ncn[nH]2)n[nH]1. The first-order chi connectivity index (χ1) is 6.34. The van der Waals surface area contributed by atoms with Crippen LogP contribution >= 0.6 is 0 Å². The number of hydrogen-bond acceptors (Lipinski definition) is 6.